The lowest BCUT2D eigenvalue weighted by molar-refractivity contribution is -0.127. The van der Waals surface area contributed by atoms with Gasteiger partial charge in [0, 0.05) is 44.6 Å². The van der Waals surface area contributed by atoms with Crippen LogP contribution in [0.1, 0.15) is 30.2 Å². The number of carbonyl (C=O) groups is 1. The molecule has 0 bridgehead atoms. The smallest absolute Gasteiger partial charge is 0.243 e. The second kappa shape index (κ2) is 10.8. The number of carbonyl (C=O) groups excluding carboxylic acids is 1. The fourth-order valence-corrected chi connectivity index (χ4v) is 4.45. The molecule has 2 saturated heterocycles. The van der Waals surface area contributed by atoms with Crippen LogP contribution in [0.25, 0.3) is 0 Å². The minimum absolute atomic E-state index is 0.000325. The number of hydrogen-bond acceptors (Lipinski definition) is 5. The van der Waals surface area contributed by atoms with Gasteiger partial charge in [-0.1, -0.05) is 6.07 Å². The molecule has 3 rings (SSSR count). The number of likely N-dealkylation sites (tertiary alicyclic amines) is 1. The van der Waals surface area contributed by atoms with E-state index in [0.717, 1.165) is 45.8 Å². The summed E-state index contributed by atoms with van der Waals surface area (Å²) in [5.41, 5.74) is 0. The zero-order chi connectivity index (χ0) is 19.8. The first-order valence-electron chi connectivity index (χ1n) is 10.2. The maximum atomic E-state index is 12.0. The van der Waals surface area contributed by atoms with E-state index in [1.165, 1.54) is 17.7 Å². The van der Waals surface area contributed by atoms with Crippen LogP contribution >= 0.6 is 11.3 Å². The van der Waals surface area contributed by atoms with Gasteiger partial charge in [-0.3, -0.25) is 9.69 Å². The lowest BCUT2D eigenvalue weighted by Gasteiger charge is -2.28. The molecule has 0 aromatic carbocycles. The summed E-state index contributed by atoms with van der Waals surface area (Å²) in [6.07, 6.45) is 3.60. The minimum Gasteiger partial charge on any atom is -0.381 e. The molecule has 7 nitrogen and oxygen atoms in total. The molecule has 2 N–H and O–H groups in total. The van der Waals surface area contributed by atoms with Crippen molar-refractivity contribution in [1.82, 2.24) is 20.4 Å². The molecule has 1 aromatic rings. The van der Waals surface area contributed by atoms with E-state index >= 15 is 0 Å². The molecule has 2 unspecified atom stereocenters. The average Bonchev–Trinajstić information content (AvgIpc) is 3.46. The van der Waals surface area contributed by atoms with Crippen LogP contribution < -0.4 is 10.6 Å². The Hall–Kier alpha value is -1.64. The lowest BCUT2D eigenvalue weighted by atomic mass is 10.1. The van der Waals surface area contributed by atoms with E-state index in [2.05, 4.69) is 38.0 Å². The zero-order valence-electron chi connectivity index (χ0n) is 17.0. The van der Waals surface area contributed by atoms with Crippen molar-refractivity contribution >= 4 is 23.2 Å². The van der Waals surface area contributed by atoms with Crippen molar-refractivity contribution in [2.45, 2.75) is 25.3 Å². The highest BCUT2D eigenvalue weighted by atomic mass is 32.1. The average molecular weight is 408 g/mol. The monoisotopic (exact) mass is 407 g/mol. The van der Waals surface area contributed by atoms with Gasteiger partial charge in [-0.05, 0) is 43.8 Å². The van der Waals surface area contributed by atoms with E-state index in [-0.39, 0.29) is 12.5 Å². The predicted molar refractivity (Wildman–Crippen MR) is 114 cm³/mol. The molecule has 0 aliphatic carbocycles. The molecule has 156 valence electrons. The van der Waals surface area contributed by atoms with Gasteiger partial charge in [0.25, 0.3) is 0 Å². The van der Waals surface area contributed by atoms with E-state index in [1.54, 1.807) is 30.3 Å². The molecule has 1 aromatic heterocycles. The highest BCUT2D eigenvalue weighted by molar-refractivity contribution is 7.10. The molecule has 2 aliphatic heterocycles. The first-order chi connectivity index (χ1) is 13.6. The standard InChI is InChI=1S/C20H33N5O2S/c1-24(2)19(26)14-23-20(21-12-16-7-10-27-15-16)22-13-17(18-6-5-11-28-18)25-8-3-4-9-25/h5-6,11,16-17H,3-4,7-10,12-15H2,1-2H3,(H2,21,22,23). The summed E-state index contributed by atoms with van der Waals surface area (Å²) in [6, 6.07) is 4.67. The molecule has 2 aliphatic rings. The van der Waals surface area contributed by atoms with Gasteiger partial charge in [-0.15, -0.1) is 11.3 Å². The number of likely N-dealkylation sites (N-methyl/N-ethyl adjacent to an activating group) is 1. The van der Waals surface area contributed by atoms with Crippen molar-refractivity contribution < 1.29 is 9.53 Å². The number of nitrogens with one attached hydrogen (secondary N) is 2. The third kappa shape index (κ3) is 6.18. The number of nitrogens with zero attached hydrogens (tertiary/aromatic N) is 3. The van der Waals surface area contributed by atoms with Crippen LogP contribution in [0.5, 0.6) is 0 Å². The Balaban J connectivity index is 1.62. The molecule has 1 amide bonds. The number of guanidine groups is 1. The van der Waals surface area contributed by atoms with Crippen molar-refractivity contribution in [3.8, 4) is 0 Å². The van der Waals surface area contributed by atoms with Gasteiger partial charge >= 0.3 is 0 Å². The van der Waals surface area contributed by atoms with Crippen LogP contribution in [0.2, 0.25) is 0 Å². The molecule has 0 radical (unpaired) electrons. The van der Waals surface area contributed by atoms with Gasteiger partial charge in [-0.2, -0.15) is 0 Å². The quantitative estimate of drug-likeness (QED) is 0.505. The number of amides is 1. The van der Waals surface area contributed by atoms with E-state index in [1.807, 2.05) is 0 Å². The van der Waals surface area contributed by atoms with Crippen LogP contribution in [0.4, 0.5) is 0 Å². The molecule has 8 heteroatoms. The van der Waals surface area contributed by atoms with Crippen molar-refractivity contribution in [2.75, 3.05) is 60.0 Å². The first kappa shape index (κ1) is 21.1. The Morgan fingerprint density at radius 2 is 2.21 bits per heavy atom. The molecule has 28 heavy (non-hydrogen) atoms. The summed E-state index contributed by atoms with van der Waals surface area (Å²) < 4.78 is 5.47. The Morgan fingerprint density at radius 3 is 2.86 bits per heavy atom. The maximum Gasteiger partial charge on any atom is 0.243 e. The van der Waals surface area contributed by atoms with Crippen molar-refractivity contribution in [2.24, 2.45) is 10.9 Å². The van der Waals surface area contributed by atoms with Crippen LogP contribution in [0.15, 0.2) is 22.5 Å². The zero-order valence-corrected chi connectivity index (χ0v) is 17.8. The first-order valence-corrected chi connectivity index (χ1v) is 11.1. The highest BCUT2D eigenvalue weighted by Crippen LogP contribution is 2.27. The maximum absolute atomic E-state index is 12.0. The Bertz CT molecular complexity index is 623. The molecule has 2 fully saturated rings. The lowest BCUT2D eigenvalue weighted by Crippen LogP contribution is -2.44. The van der Waals surface area contributed by atoms with Gasteiger partial charge in [0.2, 0.25) is 5.91 Å². The van der Waals surface area contributed by atoms with E-state index in [0.29, 0.717) is 17.9 Å². The predicted octanol–water partition coefficient (Wildman–Crippen LogP) is 1.54. The topological polar surface area (TPSA) is 69.2 Å². The summed E-state index contributed by atoms with van der Waals surface area (Å²) in [6.45, 7) is 5.66. The van der Waals surface area contributed by atoms with Crippen LogP contribution in [0, 0.1) is 5.92 Å². The molecule has 0 saturated carbocycles. The van der Waals surface area contributed by atoms with Crippen molar-refractivity contribution in [3.05, 3.63) is 22.4 Å². The normalized spacial score (nSPS) is 21.6. The highest BCUT2D eigenvalue weighted by Gasteiger charge is 2.24. The van der Waals surface area contributed by atoms with Gasteiger partial charge in [0.1, 0.15) is 6.54 Å². The Morgan fingerprint density at radius 1 is 1.39 bits per heavy atom. The third-order valence-electron chi connectivity index (χ3n) is 5.37. The number of ether oxygens (including phenoxy) is 1. The SMILES string of the molecule is CN(C)C(=O)CN=C(NCC1CCOC1)NCC(c1cccs1)N1CCCC1. The second-order valence-electron chi connectivity index (χ2n) is 7.72. The second-order valence-corrected chi connectivity index (χ2v) is 8.70. The fourth-order valence-electron chi connectivity index (χ4n) is 3.58. The molecular formula is C20H33N5O2S. The summed E-state index contributed by atoms with van der Waals surface area (Å²) in [7, 11) is 3.52. The van der Waals surface area contributed by atoms with Crippen molar-refractivity contribution in [3.63, 3.8) is 0 Å². The Kier molecular flexibility index (Phi) is 8.12. The van der Waals surface area contributed by atoms with Gasteiger partial charge in [0.05, 0.1) is 12.6 Å². The van der Waals surface area contributed by atoms with Crippen LogP contribution in [-0.2, 0) is 9.53 Å². The largest absolute Gasteiger partial charge is 0.381 e. The van der Waals surface area contributed by atoms with Crippen molar-refractivity contribution in [1.29, 1.82) is 0 Å². The summed E-state index contributed by atoms with van der Waals surface area (Å²) in [5.74, 6) is 1.21. The van der Waals surface area contributed by atoms with E-state index in [4.69, 9.17) is 4.74 Å². The van der Waals surface area contributed by atoms with E-state index < -0.39 is 0 Å². The molecular weight excluding hydrogens is 374 g/mol. The Labute approximate surface area is 172 Å². The number of hydrogen-bond donors (Lipinski definition) is 2. The molecule has 2 atom stereocenters. The fraction of sp³-hybridized carbons (Fsp3) is 0.700. The third-order valence-corrected chi connectivity index (χ3v) is 6.34. The van der Waals surface area contributed by atoms with Crippen LogP contribution in [-0.4, -0.2) is 81.7 Å². The molecule has 3 heterocycles. The number of aliphatic imine (C=N–C) groups is 1. The van der Waals surface area contributed by atoms with Gasteiger partial charge < -0.3 is 20.3 Å². The summed E-state index contributed by atoms with van der Waals surface area (Å²) in [5, 5.41) is 9.06. The summed E-state index contributed by atoms with van der Waals surface area (Å²) >= 11 is 1.81. The van der Waals surface area contributed by atoms with Gasteiger partial charge in [-0.25, -0.2) is 4.99 Å². The van der Waals surface area contributed by atoms with Gasteiger partial charge in [0.15, 0.2) is 5.96 Å². The molecule has 0 spiro atoms. The van der Waals surface area contributed by atoms with Crippen LogP contribution in [0.3, 0.4) is 0 Å². The minimum atomic E-state index is -0.000325. The summed E-state index contributed by atoms with van der Waals surface area (Å²) in [4.78, 5) is 22.0. The van der Waals surface area contributed by atoms with E-state index in [9.17, 15) is 4.79 Å². The number of rotatable bonds is 8. The number of thiophene rings is 1.